The smallest absolute Gasteiger partial charge is 0.00107 e. The maximum Gasteiger partial charge on any atom is -0.00107 e. The van der Waals surface area contributed by atoms with Crippen molar-refractivity contribution in [3.05, 3.63) is 59.2 Å². The molecule has 0 bridgehead atoms. The molecule has 0 aromatic heterocycles. The third-order valence-electron chi connectivity index (χ3n) is 5.75. The summed E-state index contributed by atoms with van der Waals surface area (Å²) >= 11 is 0. The molecule has 2 aromatic carbocycles. The molecule has 0 saturated heterocycles. The molecule has 1 aliphatic rings. The van der Waals surface area contributed by atoms with E-state index in [0.717, 1.165) is 6.42 Å². The zero-order valence-corrected chi connectivity index (χ0v) is 16.0. The summed E-state index contributed by atoms with van der Waals surface area (Å²) in [6, 6.07) is 15.8. The highest BCUT2D eigenvalue weighted by Crippen LogP contribution is 2.38. The van der Waals surface area contributed by atoms with Gasteiger partial charge in [-0.1, -0.05) is 107 Å². The Hall–Kier alpha value is -1.56. The molecule has 0 nitrogen and oxygen atoms in total. The normalized spacial score (nSPS) is 12.2. The molecule has 0 saturated carbocycles. The van der Waals surface area contributed by atoms with Gasteiger partial charge in [-0.3, -0.25) is 0 Å². The van der Waals surface area contributed by atoms with Crippen molar-refractivity contribution in [2.45, 2.75) is 84.0 Å². The van der Waals surface area contributed by atoms with Gasteiger partial charge in [0.05, 0.1) is 0 Å². The van der Waals surface area contributed by atoms with Gasteiger partial charge < -0.3 is 0 Å². The Bertz CT molecular complexity index is 653. The summed E-state index contributed by atoms with van der Waals surface area (Å²) in [4.78, 5) is 0. The van der Waals surface area contributed by atoms with Crippen molar-refractivity contribution in [3.8, 4) is 11.1 Å². The molecular formula is C25H34. The van der Waals surface area contributed by atoms with Crippen LogP contribution in [0.5, 0.6) is 0 Å². The first-order chi connectivity index (χ1) is 12.4. The summed E-state index contributed by atoms with van der Waals surface area (Å²) in [5.74, 6) is 0. The predicted octanol–water partition coefficient (Wildman–Crippen LogP) is 7.72. The fourth-order valence-electron chi connectivity index (χ4n) is 4.26. The molecule has 134 valence electrons. The van der Waals surface area contributed by atoms with Crippen LogP contribution in [0.25, 0.3) is 11.1 Å². The van der Waals surface area contributed by atoms with E-state index in [1.807, 2.05) is 0 Å². The number of unbranched alkanes of at least 4 members (excludes halogenated alkanes) is 9. The van der Waals surface area contributed by atoms with Gasteiger partial charge in [0.1, 0.15) is 0 Å². The summed E-state index contributed by atoms with van der Waals surface area (Å²) < 4.78 is 0. The minimum absolute atomic E-state index is 1.14. The van der Waals surface area contributed by atoms with Crippen LogP contribution in [-0.2, 0) is 12.8 Å². The molecule has 0 amide bonds. The van der Waals surface area contributed by atoms with E-state index in [4.69, 9.17) is 0 Å². The number of fused-ring (bicyclic) bond motifs is 3. The van der Waals surface area contributed by atoms with Gasteiger partial charge in [0.15, 0.2) is 0 Å². The second kappa shape index (κ2) is 9.80. The lowest BCUT2D eigenvalue weighted by Crippen LogP contribution is -1.93. The Morgan fingerprint density at radius 3 is 2.04 bits per heavy atom. The van der Waals surface area contributed by atoms with Crippen molar-refractivity contribution in [1.82, 2.24) is 0 Å². The van der Waals surface area contributed by atoms with Gasteiger partial charge in [0.25, 0.3) is 0 Å². The van der Waals surface area contributed by atoms with Crippen molar-refractivity contribution in [1.29, 1.82) is 0 Å². The number of hydrogen-bond acceptors (Lipinski definition) is 0. The lowest BCUT2D eigenvalue weighted by Gasteiger charge is -2.08. The first-order valence-corrected chi connectivity index (χ1v) is 10.6. The van der Waals surface area contributed by atoms with Crippen LogP contribution >= 0.6 is 0 Å². The molecule has 0 fully saturated rings. The average Bonchev–Trinajstić information content (AvgIpc) is 3.03. The van der Waals surface area contributed by atoms with E-state index in [0.29, 0.717) is 0 Å². The molecule has 0 unspecified atom stereocenters. The van der Waals surface area contributed by atoms with Crippen molar-refractivity contribution < 1.29 is 0 Å². The Balaban J connectivity index is 1.38. The molecule has 0 heterocycles. The van der Waals surface area contributed by atoms with Crippen molar-refractivity contribution in [3.63, 3.8) is 0 Å². The van der Waals surface area contributed by atoms with Crippen LogP contribution in [0, 0.1) is 0 Å². The van der Waals surface area contributed by atoms with Crippen LogP contribution in [0.3, 0.4) is 0 Å². The lowest BCUT2D eigenvalue weighted by molar-refractivity contribution is 0.556. The number of aryl methyl sites for hydroxylation is 1. The summed E-state index contributed by atoms with van der Waals surface area (Å²) in [7, 11) is 0. The second-order valence-corrected chi connectivity index (χ2v) is 7.71. The van der Waals surface area contributed by atoms with Gasteiger partial charge in [0, 0.05) is 0 Å². The summed E-state index contributed by atoms with van der Waals surface area (Å²) in [6.07, 6.45) is 16.6. The molecule has 25 heavy (non-hydrogen) atoms. The standard InChI is InChI=1S/C25H34/c1-2-3-4-5-6-7-8-9-10-11-15-21-17-14-19-24-23-18-13-12-16-22(23)20-25(21)24/h12-14,16-19H,2-11,15,20H2,1H3. The molecule has 3 rings (SSSR count). The monoisotopic (exact) mass is 334 g/mol. The van der Waals surface area contributed by atoms with Gasteiger partial charge in [0.2, 0.25) is 0 Å². The predicted molar refractivity (Wildman–Crippen MR) is 110 cm³/mol. The first-order valence-electron chi connectivity index (χ1n) is 10.6. The van der Waals surface area contributed by atoms with E-state index >= 15 is 0 Å². The number of hydrogen-bond donors (Lipinski definition) is 0. The molecule has 0 atom stereocenters. The van der Waals surface area contributed by atoms with Gasteiger partial charge in [-0.2, -0.15) is 0 Å². The van der Waals surface area contributed by atoms with E-state index in [2.05, 4.69) is 49.4 Å². The Kier molecular flexibility index (Phi) is 7.15. The lowest BCUT2D eigenvalue weighted by atomic mass is 9.96. The fraction of sp³-hybridized carbons (Fsp3) is 0.520. The molecule has 0 radical (unpaired) electrons. The molecule has 2 aromatic rings. The average molecular weight is 335 g/mol. The quantitative estimate of drug-likeness (QED) is 0.315. The van der Waals surface area contributed by atoms with Gasteiger partial charge in [-0.25, -0.2) is 0 Å². The highest BCUT2D eigenvalue weighted by molar-refractivity contribution is 5.77. The number of benzene rings is 2. The Morgan fingerprint density at radius 2 is 1.28 bits per heavy atom. The van der Waals surface area contributed by atoms with E-state index in [-0.39, 0.29) is 0 Å². The summed E-state index contributed by atoms with van der Waals surface area (Å²) in [6.45, 7) is 2.29. The van der Waals surface area contributed by atoms with Crippen molar-refractivity contribution >= 4 is 0 Å². The molecule has 1 aliphatic carbocycles. The Morgan fingerprint density at radius 1 is 0.640 bits per heavy atom. The maximum atomic E-state index is 2.36. The van der Waals surface area contributed by atoms with Crippen LogP contribution in [0.15, 0.2) is 42.5 Å². The summed E-state index contributed by atoms with van der Waals surface area (Å²) in [5, 5.41) is 0. The van der Waals surface area contributed by atoms with Crippen LogP contribution in [0.1, 0.15) is 87.8 Å². The Labute approximate surface area is 154 Å². The van der Waals surface area contributed by atoms with E-state index in [1.54, 1.807) is 11.1 Å². The molecule has 0 spiro atoms. The molecule has 0 heteroatoms. The van der Waals surface area contributed by atoms with Gasteiger partial charge in [-0.15, -0.1) is 0 Å². The van der Waals surface area contributed by atoms with Crippen LogP contribution in [0.4, 0.5) is 0 Å². The SMILES string of the molecule is CCCCCCCCCCCCc1cccc2c1Cc1ccccc1-2. The largest absolute Gasteiger partial charge is 0.0654 e. The highest BCUT2D eigenvalue weighted by atomic mass is 14.2. The van der Waals surface area contributed by atoms with Crippen LogP contribution in [-0.4, -0.2) is 0 Å². The minimum Gasteiger partial charge on any atom is -0.0654 e. The third-order valence-corrected chi connectivity index (χ3v) is 5.75. The second-order valence-electron chi connectivity index (χ2n) is 7.71. The van der Waals surface area contributed by atoms with Gasteiger partial charge >= 0.3 is 0 Å². The van der Waals surface area contributed by atoms with E-state index < -0.39 is 0 Å². The van der Waals surface area contributed by atoms with E-state index in [9.17, 15) is 0 Å². The topological polar surface area (TPSA) is 0 Å². The third kappa shape index (κ3) is 4.97. The molecule has 0 aliphatic heterocycles. The molecule has 0 N–H and O–H groups in total. The van der Waals surface area contributed by atoms with Crippen molar-refractivity contribution in [2.24, 2.45) is 0 Å². The fourth-order valence-corrected chi connectivity index (χ4v) is 4.26. The minimum atomic E-state index is 1.14. The number of rotatable bonds is 11. The highest BCUT2D eigenvalue weighted by Gasteiger charge is 2.19. The van der Waals surface area contributed by atoms with E-state index in [1.165, 1.54) is 87.3 Å². The first kappa shape index (κ1) is 18.2. The summed E-state index contributed by atoms with van der Waals surface area (Å²) in [5.41, 5.74) is 7.64. The molecular weight excluding hydrogens is 300 g/mol. The van der Waals surface area contributed by atoms with Crippen LogP contribution in [0.2, 0.25) is 0 Å². The van der Waals surface area contributed by atoms with Gasteiger partial charge in [-0.05, 0) is 47.1 Å². The van der Waals surface area contributed by atoms with Crippen LogP contribution < -0.4 is 0 Å². The zero-order valence-electron chi connectivity index (χ0n) is 16.0. The van der Waals surface area contributed by atoms with Crippen molar-refractivity contribution in [2.75, 3.05) is 0 Å². The zero-order chi connectivity index (χ0) is 17.3. The maximum absolute atomic E-state index is 2.36.